The summed E-state index contributed by atoms with van der Waals surface area (Å²) in [5, 5.41) is 0. The summed E-state index contributed by atoms with van der Waals surface area (Å²) in [6, 6.07) is 11.0. The summed E-state index contributed by atoms with van der Waals surface area (Å²) < 4.78 is 0. The van der Waals surface area contributed by atoms with E-state index in [9.17, 15) is 0 Å². The van der Waals surface area contributed by atoms with Gasteiger partial charge in [0.15, 0.2) is 0 Å². The molecule has 3 heteroatoms. The Kier molecular flexibility index (Phi) is 4.31. The molecule has 0 bridgehead atoms. The van der Waals surface area contributed by atoms with Crippen molar-refractivity contribution < 1.29 is 0 Å². The SMILES string of the molecule is CC(C)(C)N1CCCN(C(C)(C)C)B1c1ccccc1. The first-order valence-electron chi connectivity index (χ1n) is 7.80. The lowest BCUT2D eigenvalue weighted by Gasteiger charge is -2.52. The van der Waals surface area contributed by atoms with Crippen LogP contribution in [0.2, 0.25) is 0 Å². The van der Waals surface area contributed by atoms with Gasteiger partial charge >= 0.3 is 6.98 Å². The fraction of sp³-hybridized carbons (Fsp3) is 0.647. The number of hydrogen-bond acceptors (Lipinski definition) is 2. The van der Waals surface area contributed by atoms with Crippen LogP contribution >= 0.6 is 0 Å². The Morgan fingerprint density at radius 2 is 1.25 bits per heavy atom. The zero-order chi connectivity index (χ0) is 15.0. The van der Waals surface area contributed by atoms with Gasteiger partial charge < -0.3 is 9.62 Å². The average Bonchev–Trinajstić information content (AvgIpc) is 2.37. The highest BCUT2D eigenvalue weighted by molar-refractivity contribution is 6.68. The number of hydrogen-bond donors (Lipinski definition) is 0. The van der Waals surface area contributed by atoms with Crippen molar-refractivity contribution in [1.82, 2.24) is 9.62 Å². The van der Waals surface area contributed by atoms with Crippen LogP contribution < -0.4 is 5.46 Å². The molecule has 0 spiro atoms. The predicted octanol–water partition coefficient (Wildman–Crippen LogP) is 2.99. The Hall–Kier alpha value is -0.795. The molecule has 1 heterocycles. The zero-order valence-corrected chi connectivity index (χ0v) is 14.0. The molecule has 0 aliphatic carbocycles. The molecule has 1 aromatic carbocycles. The van der Waals surface area contributed by atoms with Crippen molar-refractivity contribution in [3.63, 3.8) is 0 Å². The zero-order valence-electron chi connectivity index (χ0n) is 14.0. The molecule has 0 amide bonds. The molecule has 1 aromatic rings. The van der Waals surface area contributed by atoms with Gasteiger partial charge in [0, 0.05) is 11.1 Å². The molecule has 0 N–H and O–H groups in total. The molecule has 1 saturated heterocycles. The van der Waals surface area contributed by atoms with Crippen molar-refractivity contribution in [2.75, 3.05) is 13.1 Å². The van der Waals surface area contributed by atoms with Crippen LogP contribution in [0.15, 0.2) is 30.3 Å². The third kappa shape index (κ3) is 3.26. The fourth-order valence-electron chi connectivity index (χ4n) is 3.21. The van der Waals surface area contributed by atoms with Crippen LogP contribution in [0, 0.1) is 0 Å². The highest BCUT2D eigenvalue weighted by atomic mass is 15.3. The summed E-state index contributed by atoms with van der Waals surface area (Å²) in [6.07, 6.45) is 1.25. The summed E-state index contributed by atoms with van der Waals surface area (Å²) in [4.78, 5) is 5.30. The summed E-state index contributed by atoms with van der Waals surface area (Å²) in [5.74, 6) is 0. The van der Waals surface area contributed by atoms with E-state index in [-0.39, 0.29) is 11.1 Å². The van der Waals surface area contributed by atoms with Crippen molar-refractivity contribution in [2.45, 2.75) is 59.0 Å². The predicted molar refractivity (Wildman–Crippen MR) is 89.4 cm³/mol. The molecule has 110 valence electrons. The minimum absolute atomic E-state index is 0.185. The average molecular weight is 272 g/mol. The maximum atomic E-state index is 2.65. The molecule has 1 fully saturated rings. The van der Waals surface area contributed by atoms with E-state index in [0.717, 1.165) is 0 Å². The van der Waals surface area contributed by atoms with Crippen LogP contribution in [0.5, 0.6) is 0 Å². The molecule has 1 aliphatic rings. The minimum Gasteiger partial charge on any atom is -0.319 e. The smallest absolute Gasteiger partial charge is 0.319 e. The quantitative estimate of drug-likeness (QED) is 0.725. The molecule has 0 radical (unpaired) electrons. The van der Waals surface area contributed by atoms with E-state index in [4.69, 9.17) is 0 Å². The van der Waals surface area contributed by atoms with Gasteiger partial charge in [-0.25, -0.2) is 0 Å². The lowest BCUT2D eigenvalue weighted by Crippen LogP contribution is -2.71. The number of benzene rings is 1. The van der Waals surface area contributed by atoms with Crippen molar-refractivity contribution in [3.05, 3.63) is 30.3 Å². The largest absolute Gasteiger partial charge is 0.347 e. The Morgan fingerprint density at radius 1 is 0.800 bits per heavy atom. The summed E-state index contributed by atoms with van der Waals surface area (Å²) >= 11 is 0. The lowest BCUT2D eigenvalue weighted by atomic mass is 9.58. The molecule has 20 heavy (non-hydrogen) atoms. The molecule has 0 aromatic heterocycles. The van der Waals surface area contributed by atoms with E-state index >= 15 is 0 Å². The van der Waals surface area contributed by atoms with Gasteiger partial charge in [0.25, 0.3) is 0 Å². The van der Waals surface area contributed by atoms with Gasteiger partial charge in [0.1, 0.15) is 0 Å². The Morgan fingerprint density at radius 3 is 1.65 bits per heavy atom. The normalized spacial score (nSPS) is 19.4. The minimum atomic E-state index is 0.185. The van der Waals surface area contributed by atoms with Gasteiger partial charge in [-0.15, -0.1) is 0 Å². The Bertz CT molecular complexity index is 409. The Labute approximate surface area is 125 Å². The van der Waals surface area contributed by atoms with E-state index in [0.29, 0.717) is 6.98 Å². The number of rotatable bonds is 1. The van der Waals surface area contributed by atoms with Gasteiger partial charge in [-0.05, 0) is 66.5 Å². The van der Waals surface area contributed by atoms with Gasteiger partial charge in [-0.3, -0.25) is 0 Å². The standard InChI is InChI=1S/C17H29BN2/c1-16(2,3)19-13-10-14-20(17(4,5)6)18(19)15-11-8-7-9-12-15/h7-9,11-12H,10,13-14H2,1-6H3. The van der Waals surface area contributed by atoms with Crippen LogP contribution in [0.4, 0.5) is 0 Å². The second kappa shape index (κ2) is 5.53. The molecule has 0 unspecified atom stereocenters. The number of nitrogens with zero attached hydrogens (tertiary/aromatic N) is 2. The van der Waals surface area contributed by atoms with E-state index in [2.05, 4.69) is 81.5 Å². The summed E-state index contributed by atoms with van der Waals surface area (Å²) in [7, 11) is 0. The monoisotopic (exact) mass is 272 g/mol. The van der Waals surface area contributed by atoms with Gasteiger partial charge in [0.05, 0.1) is 0 Å². The van der Waals surface area contributed by atoms with E-state index in [1.54, 1.807) is 0 Å². The van der Waals surface area contributed by atoms with E-state index < -0.39 is 0 Å². The molecule has 2 nitrogen and oxygen atoms in total. The second-order valence-electron chi connectivity index (χ2n) is 7.87. The summed E-state index contributed by atoms with van der Waals surface area (Å²) in [6.45, 7) is 16.7. The van der Waals surface area contributed by atoms with E-state index in [1.165, 1.54) is 25.0 Å². The molecular formula is C17H29BN2. The van der Waals surface area contributed by atoms with Gasteiger partial charge in [-0.2, -0.15) is 0 Å². The van der Waals surface area contributed by atoms with Crippen LogP contribution in [0.25, 0.3) is 0 Å². The highest BCUT2D eigenvalue weighted by Crippen LogP contribution is 2.26. The van der Waals surface area contributed by atoms with Gasteiger partial charge in [-0.1, -0.05) is 30.3 Å². The maximum Gasteiger partial charge on any atom is 0.347 e. The van der Waals surface area contributed by atoms with Crippen LogP contribution in [-0.2, 0) is 0 Å². The molecule has 0 saturated carbocycles. The molecule has 2 rings (SSSR count). The first-order valence-corrected chi connectivity index (χ1v) is 7.80. The molecular weight excluding hydrogens is 243 g/mol. The molecule has 0 atom stereocenters. The van der Waals surface area contributed by atoms with Crippen LogP contribution in [0.1, 0.15) is 48.0 Å². The maximum absolute atomic E-state index is 2.65. The van der Waals surface area contributed by atoms with Crippen LogP contribution in [0.3, 0.4) is 0 Å². The Balaban J connectivity index is 2.44. The van der Waals surface area contributed by atoms with Crippen molar-refractivity contribution in [3.8, 4) is 0 Å². The summed E-state index contributed by atoms with van der Waals surface area (Å²) in [5.41, 5.74) is 1.78. The topological polar surface area (TPSA) is 6.48 Å². The first kappa shape index (κ1) is 15.6. The third-order valence-electron chi connectivity index (χ3n) is 4.21. The second-order valence-corrected chi connectivity index (χ2v) is 7.87. The van der Waals surface area contributed by atoms with Crippen molar-refractivity contribution in [2.24, 2.45) is 0 Å². The van der Waals surface area contributed by atoms with Gasteiger partial charge in [0.2, 0.25) is 0 Å². The first-order chi connectivity index (χ1) is 9.21. The third-order valence-corrected chi connectivity index (χ3v) is 4.21. The molecule has 1 aliphatic heterocycles. The van der Waals surface area contributed by atoms with Crippen molar-refractivity contribution >= 4 is 12.4 Å². The fourth-order valence-corrected chi connectivity index (χ4v) is 3.21. The van der Waals surface area contributed by atoms with Crippen LogP contribution in [-0.4, -0.2) is 40.8 Å². The van der Waals surface area contributed by atoms with E-state index in [1.807, 2.05) is 0 Å². The van der Waals surface area contributed by atoms with Crippen molar-refractivity contribution in [1.29, 1.82) is 0 Å². The lowest BCUT2D eigenvalue weighted by molar-refractivity contribution is 0.142. The highest BCUT2D eigenvalue weighted by Gasteiger charge is 2.44.